The zero-order chi connectivity index (χ0) is 11.8. The van der Waals surface area contributed by atoms with E-state index in [0.29, 0.717) is 11.2 Å². The SMILES string of the molecule is C[C@@H]1COCCN1c1cc(Cl)nc2[nH]cnc12. The standard InChI is InChI=1S/C11H13ClN4O/c1-7-5-17-3-2-16(7)8-4-9(12)15-11-10(8)13-6-14-11/h4,6-7H,2-3,5H2,1H3,(H,13,14,15)/t7-/m1/s1. The number of hydrogen-bond acceptors (Lipinski definition) is 4. The first-order valence-corrected chi connectivity index (χ1v) is 5.97. The van der Waals surface area contributed by atoms with Crippen LogP contribution in [0.5, 0.6) is 0 Å². The van der Waals surface area contributed by atoms with Crippen LogP contribution in [0.25, 0.3) is 11.2 Å². The van der Waals surface area contributed by atoms with Gasteiger partial charge in [0.25, 0.3) is 0 Å². The molecule has 1 fully saturated rings. The lowest BCUT2D eigenvalue weighted by atomic mass is 10.2. The van der Waals surface area contributed by atoms with Crippen LogP contribution in [0.15, 0.2) is 12.4 Å². The van der Waals surface area contributed by atoms with Gasteiger partial charge in [-0.05, 0) is 6.92 Å². The number of anilines is 1. The molecule has 1 aliphatic heterocycles. The number of imidazole rings is 1. The molecule has 1 atom stereocenters. The van der Waals surface area contributed by atoms with Gasteiger partial charge in [-0.1, -0.05) is 11.6 Å². The molecule has 2 aromatic rings. The quantitative estimate of drug-likeness (QED) is 0.787. The van der Waals surface area contributed by atoms with Crippen molar-refractivity contribution in [2.75, 3.05) is 24.7 Å². The molecule has 2 aromatic heterocycles. The fourth-order valence-corrected chi connectivity index (χ4v) is 2.37. The van der Waals surface area contributed by atoms with Crippen LogP contribution in [0, 0.1) is 0 Å². The van der Waals surface area contributed by atoms with Crippen molar-refractivity contribution in [2.24, 2.45) is 0 Å². The summed E-state index contributed by atoms with van der Waals surface area (Å²) in [6, 6.07) is 2.19. The normalized spacial score (nSPS) is 21.1. The second-order valence-electron chi connectivity index (χ2n) is 4.18. The van der Waals surface area contributed by atoms with Crippen LogP contribution in [-0.4, -0.2) is 40.8 Å². The third-order valence-corrected chi connectivity index (χ3v) is 3.21. The number of pyridine rings is 1. The zero-order valence-corrected chi connectivity index (χ0v) is 10.2. The highest BCUT2D eigenvalue weighted by Crippen LogP contribution is 2.28. The van der Waals surface area contributed by atoms with Crippen molar-refractivity contribution in [2.45, 2.75) is 13.0 Å². The van der Waals surface area contributed by atoms with Gasteiger partial charge >= 0.3 is 0 Å². The highest BCUT2D eigenvalue weighted by Gasteiger charge is 2.22. The molecule has 0 spiro atoms. The predicted octanol–water partition coefficient (Wildman–Crippen LogP) is 1.84. The molecule has 1 saturated heterocycles. The lowest BCUT2D eigenvalue weighted by Gasteiger charge is -2.35. The fourth-order valence-electron chi connectivity index (χ4n) is 2.18. The minimum Gasteiger partial charge on any atom is -0.377 e. The number of nitrogens with zero attached hydrogens (tertiary/aromatic N) is 3. The molecule has 6 heteroatoms. The third-order valence-electron chi connectivity index (χ3n) is 3.01. The molecule has 3 heterocycles. The number of halogens is 1. The first-order chi connectivity index (χ1) is 8.25. The van der Waals surface area contributed by atoms with Gasteiger partial charge in [0.1, 0.15) is 10.7 Å². The Kier molecular flexibility index (Phi) is 2.64. The van der Waals surface area contributed by atoms with E-state index in [-0.39, 0.29) is 0 Å². The van der Waals surface area contributed by atoms with E-state index in [0.717, 1.165) is 36.6 Å². The van der Waals surface area contributed by atoms with E-state index < -0.39 is 0 Å². The highest BCUT2D eigenvalue weighted by molar-refractivity contribution is 6.30. The molecule has 90 valence electrons. The molecule has 0 aliphatic carbocycles. The fraction of sp³-hybridized carbons (Fsp3) is 0.455. The van der Waals surface area contributed by atoms with Crippen molar-refractivity contribution < 1.29 is 4.74 Å². The van der Waals surface area contributed by atoms with Crippen LogP contribution >= 0.6 is 11.6 Å². The van der Waals surface area contributed by atoms with Crippen LogP contribution in [0.1, 0.15) is 6.92 Å². The summed E-state index contributed by atoms with van der Waals surface area (Å²) in [5.74, 6) is 0. The zero-order valence-electron chi connectivity index (χ0n) is 9.48. The van der Waals surface area contributed by atoms with E-state index >= 15 is 0 Å². The van der Waals surface area contributed by atoms with Gasteiger partial charge in [0.2, 0.25) is 0 Å². The van der Waals surface area contributed by atoms with E-state index in [1.54, 1.807) is 6.33 Å². The molecule has 0 saturated carbocycles. The highest BCUT2D eigenvalue weighted by atomic mass is 35.5. The Morgan fingerprint density at radius 3 is 3.29 bits per heavy atom. The van der Waals surface area contributed by atoms with Gasteiger partial charge in [0.05, 0.1) is 25.2 Å². The van der Waals surface area contributed by atoms with Crippen molar-refractivity contribution in [3.8, 4) is 0 Å². The van der Waals surface area contributed by atoms with E-state index in [1.807, 2.05) is 6.07 Å². The monoisotopic (exact) mass is 252 g/mol. The van der Waals surface area contributed by atoms with Gasteiger partial charge < -0.3 is 14.6 Å². The average Bonchev–Trinajstić information content (AvgIpc) is 2.76. The van der Waals surface area contributed by atoms with Gasteiger partial charge in [-0.2, -0.15) is 0 Å². The summed E-state index contributed by atoms with van der Waals surface area (Å²) in [6.07, 6.45) is 1.64. The van der Waals surface area contributed by atoms with Crippen LogP contribution in [-0.2, 0) is 4.74 Å². The summed E-state index contributed by atoms with van der Waals surface area (Å²) in [5.41, 5.74) is 2.62. The summed E-state index contributed by atoms with van der Waals surface area (Å²) < 4.78 is 5.44. The van der Waals surface area contributed by atoms with Crippen LogP contribution in [0.3, 0.4) is 0 Å². The average molecular weight is 253 g/mol. The van der Waals surface area contributed by atoms with Gasteiger partial charge in [0.15, 0.2) is 5.65 Å². The molecular weight excluding hydrogens is 240 g/mol. The van der Waals surface area contributed by atoms with Gasteiger partial charge in [-0.25, -0.2) is 9.97 Å². The number of ether oxygens (including phenoxy) is 1. The van der Waals surface area contributed by atoms with Crippen molar-refractivity contribution in [1.29, 1.82) is 0 Å². The summed E-state index contributed by atoms with van der Waals surface area (Å²) >= 11 is 6.03. The molecule has 0 bridgehead atoms. The second-order valence-corrected chi connectivity index (χ2v) is 4.57. The molecule has 0 radical (unpaired) electrons. The predicted molar refractivity (Wildman–Crippen MR) is 66.5 cm³/mol. The van der Waals surface area contributed by atoms with Crippen LogP contribution in [0.4, 0.5) is 5.69 Å². The summed E-state index contributed by atoms with van der Waals surface area (Å²) in [7, 11) is 0. The molecule has 0 aromatic carbocycles. The topological polar surface area (TPSA) is 54.0 Å². The smallest absolute Gasteiger partial charge is 0.161 e. The third kappa shape index (κ3) is 1.85. The Morgan fingerprint density at radius 2 is 2.47 bits per heavy atom. The Morgan fingerprint density at radius 1 is 1.59 bits per heavy atom. The Hall–Kier alpha value is -1.33. The van der Waals surface area contributed by atoms with E-state index in [4.69, 9.17) is 16.3 Å². The molecule has 1 N–H and O–H groups in total. The van der Waals surface area contributed by atoms with E-state index in [2.05, 4.69) is 26.8 Å². The first kappa shape index (κ1) is 10.8. The van der Waals surface area contributed by atoms with E-state index in [1.165, 1.54) is 0 Å². The largest absolute Gasteiger partial charge is 0.377 e. The summed E-state index contributed by atoms with van der Waals surface area (Å²) in [5, 5.41) is 0.482. The van der Waals surface area contributed by atoms with Crippen molar-refractivity contribution in [3.05, 3.63) is 17.5 Å². The number of aromatic amines is 1. The van der Waals surface area contributed by atoms with Crippen molar-refractivity contribution in [1.82, 2.24) is 15.0 Å². The van der Waals surface area contributed by atoms with Gasteiger partial charge in [0, 0.05) is 18.7 Å². The minimum atomic E-state index is 0.321. The lowest BCUT2D eigenvalue weighted by molar-refractivity contribution is 0.0991. The Balaban J connectivity index is 2.11. The first-order valence-electron chi connectivity index (χ1n) is 5.60. The van der Waals surface area contributed by atoms with Crippen LogP contribution < -0.4 is 4.90 Å². The van der Waals surface area contributed by atoms with Gasteiger partial charge in [-0.15, -0.1) is 0 Å². The molecule has 0 unspecified atom stereocenters. The second kappa shape index (κ2) is 4.16. The molecule has 17 heavy (non-hydrogen) atoms. The summed E-state index contributed by atoms with van der Waals surface area (Å²) in [6.45, 7) is 4.44. The number of morpholine rings is 1. The Bertz CT molecular complexity index is 541. The maximum absolute atomic E-state index is 6.03. The van der Waals surface area contributed by atoms with Crippen molar-refractivity contribution in [3.63, 3.8) is 0 Å². The maximum Gasteiger partial charge on any atom is 0.161 e. The molecular formula is C11H13ClN4O. The number of hydrogen-bond donors (Lipinski definition) is 1. The number of rotatable bonds is 1. The number of fused-ring (bicyclic) bond motifs is 1. The van der Waals surface area contributed by atoms with E-state index in [9.17, 15) is 0 Å². The minimum absolute atomic E-state index is 0.321. The molecule has 0 amide bonds. The Labute approximate surface area is 104 Å². The number of aromatic nitrogens is 3. The lowest BCUT2D eigenvalue weighted by Crippen LogP contribution is -2.43. The molecule has 5 nitrogen and oxygen atoms in total. The maximum atomic E-state index is 6.03. The number of nitrogens with one attached hydrogen (secondary N) is 1. The molecule has 3 rings (SSSR count). The number of H-pyrrole nitrogens is 1. The molecule has 1 aliphatic rings. The van der Waals surface area contributed by atoms with Gasteiger partial charge in [-0.3, -0.25) is 0 Å². The summed E-state index contributed by atoms with van der Waals surface area (Å²) in [4.78, 5) is 13.8. The van der Waals surface area contributed by atoms with Crippen molar-refractivity contribution >= 4 is 28.5 Å². The van der Waals surface area contributed by atoms with Crippen LogP contribution in [0.2, 0.25) is 5.15 Å².